The van der Waals surface area contributed by atoms with Gasteiger partial charge in [0.1, 0.15) is 17.5 Å². The molecule has 148 valence electrons. The predicted octanol–water partition coefficient (Wildman–Crippen LogP) is 4.25. The lowest BCUT2D eigenvalue weighted by atomic mass is 9.51. The number of methoxy groups -OCH3 is 1. The van der Waals surface area contributed by atoms with E-state index in [0.29, 0.717) is 25.0 Å². The molecule has 4 nitrogen and oxygen atoms in total. The summed E-state index contributed by atoms with van der Waals surface area (Å²) in [5, 5.41) is 0. The Labute approximate surface area is 166 Å². The van der Waals surface area contributed by atoms with Crippen molar-refractivity contribution in [2.24, 2.45) is 22.2 Å². The third kappa shape index (κ3) is 1.94. The summed E-state index contributed by atoms with van der Waals surface area (Å²) in [5.74, 6) is -0.166. The van der Waals surface area contributed by atoms with Crippen LogP contribution in [0.3, 0.4) is 0 Å². The first-order valence-corrected chi connectivity index (χ1v) is 10.6. The third-order valence-electron chi connectivity index (χ3n) is 8.79. The van der Waals surface area contributed by atoms with Gasteiger partial charge in [0.05, 0.1) is 12.5 Å². The number of hydrogen-bond acceptors (Lipinski definition) is 4. The Balaban J connectivity index is 1.72. The second kappa shape index (κ2) is 5.55. The van der Waals surface area contributed by atoms with Gasteiger partial charge >= 0.3 is 5.97 Å². The zero-order chi connectivity index (χ0) is 19.9. The highest BCUT2D eigenvalue weighted by Gasteiger charge is 2.65. The van der Waals surface area contributed by atoms with Gasteiger partial charge in [-0.2, -0.15) is 0 Å². The molecule has 0 amide bonds. The summed E-state index contributed by atoms with van der Waals surface area (Å²) in [4.78, 5) is 38.2. The number of Topliss-reactive ketones (excluding diaryl/α,β-unsaturated/α-hetero) is 2. The lowest BCUT2D eigenvalue weighted by molar-refractivity contribution is -0.143. The van der Waals surface area contributed by atoms with Crippen LogP contribution in [0.4, 0.5) is 0 Å². The van der Waals surface area contributed by atoms with Gasteiger partial charge in [-0.25, -0.2) is 0 Å². The van der Waals surface area contributed by atoms with E-state index in [4.69, 9.17) is 4.74 Å². The van der Waals surface area contributed by atoms with Crippen LogP contribution in [0, 0.1) is 22.2 Å². The highest BCUT2D eigenvalue weighted by molar-refractivity contribution is 5.96. The lowest BCUT2D eigenvalue weighted by Gasteiger charge is -2.51. The summed E-state index contributed by atoms with van der Waals surface area (Å²) < 4.78 is 5.17. The highest BCUT2D eigenvalue weighted by atomic mass is 16.5. The van der Waals surface area contributed by atoms with Gasteiger partial charge in [0.2, 0.25) is 0 Å². The standard InChI is InChI=1S/C24H28O4/c1-22-8-5-18-20-16(21(27)28-3)13-14-12-15(25)4-10-23(14,2)17(20)6-11-24(18,22)19(26)7-9-22/h5,13,16H,4,6-12H2,1-3H3/t16-,22+,23+,24-/m1/s1. The van der Waals surface area contributed by atoms with E-state index in [1.165, 1.54) is 12.7 Å². The van der Waals surface area contributed by atoms with Crippen molar-refractivity contribution in [3.63, 3.8) is 0 Å². The molecule has 0 heterocycles. The molecule has 0 radical (unpaired) electrons. The second-order valence-electron chi connectivity index (χ2n) is 9.84. The third-order valence-corrected chi connectivity index (χ3v) is 8.79. The normalized spacial score (nSPS) is 41.6. The number of carbonyl (C=O) groups excluding carboxylic acids is 3. The number of carbonyl (C=O) groups is 3. The molecule has 0 aromatic carbocycles. The number of ether oxygens (including phenoxy) is 1. The van der Waals surface area contributed by atoms with E-state index >= 15 is 0 Å². The van der Waals surface area contributed by atoms with Crippen molar-refractivity contribution in [1.82, 2.24) is 0 Å². The van der Waals surface area contributed by atoms with Gasteiger partial charge in [-0.15, -0.1) is 0 Å². The Kier molecular flexibility index (Phi) is 3.58. The van der Waals surface area contributed by atoms with E-state index < -0.39 is 11.3 Å². The van der Waals surface area contributed by atoms with Crippen LogP contribution in [0.1, 0.15) is 65.2 Å². The zero-order valence-corrected chi connectivity index (χ0v) is 17.0. The molecule has 2 fully saturated rings. The van der Waals surface area contributed by atoms with E-state index in [-0.39, 0.29) is 22.6 Å². The molecule has 1 spiro atoms. The molecule has 5 rings (SSSR count). The number of allylic oxidation sites excluding steroid dienone is 4. The maximum atomic E-state index is 13.2. The van der Waals surface area contributed by atoms with Gasteiger partial charge < -0.3 is 4.74 Å². The van der Waals surface area contributed by atoms with Crippen molar-refractivity contribution in [3.8, 4) is 0 Å². The predicted molar refractivity (Wildman–Crippen MR) is 104 cm³/mol. The molecule has 5 aliphatic carbocycles. The fourth-order valence-corrected chi connectivity index (χ4v) is 7.09. The first-order chi connectivity index (χ1) is 13.3. The minimum absolute atomic E-state index is 0.0218. The van der Waals surface area contributed by atoms with Crippen molar-refractivity contribution in [2.45, 2.75) is 65.2 Å². The van der Waals surface area contributed by atoms with Crippen molar-refractivity contribution < 1.29 is 19.1 Å². The summed E-state index contributed by atoms with van der Waals surface area (Å²) in [6.07, 6.45) is 10.2. The smallest absolute Gasteiger partial charge is 0.317 e. The van der Waals surface area contributed by atoms with E-state index in [1.807, 2.05) is 6.08 Å². The minimum atomic E-state index is -0.492. The first-order valence-electron chi connectivity index (χ1n) is 10.6. The van der Waals surface area contributed by atoms with Crippen LogP contribution >= 0.6 is 0 Å². The van der Waals surface area contributed by atoms with Crippen molar-refractivity contribution in [2.75, 3.05) is 7.11 Å². The molecular formula is C24H28O4. The summed E-state index contributed by atoms with van der Waals surface area (Å²) in [6, 6.07) is 0. The lowest BCUT2D eigenvalue weighted by Crippen LogP contribution is -2.46. The van der Waals surface area contributed by atoms with Crippen molar-refractivity contribution in [3.05, 3.63) is 34.4 Å². The van der Waals surface area contributed by atoms with E-state index in [2.05, 4.69) is 19.9 Å². The molecule has 0 aromatic heterocycles. The van der Waals surface area contributed by atoms with E-state index in [9.17, 15) is 14.4 Å². The average Bonchev–Trinajstić information content (AvgIpc) is 3.11. The van der Waals surface area contributed by atoms with Gasteiger partial charge in [-0.1, -0.05) is 37.1 Å². The van der Waals surface area contributed by atoms with Crippen LogP contribution < -0.4 is 0 Å². The fourth-order valence-electron chi connectivity index (χ4n) is 7.09. The summed E-state index contributed by atoms with van der Waals surface area (Å²) in [6.45, 7) is 4.49. The maximum Gasteiger partial charge on any atom is 0.317 e. The molecule has 2 saturated carbocycles. The van der Waals surface area contributed by atoms with Crippen LogP contribution in [-0.4, -0.2) is 24.6 Å². The number of ketones is 2. The van der Waals surface area contributed by atoms with Crippen LogP contribution in [-0.2, 0) is 19.1 Å². The topological polar surface area (TPSA) is 60.4 Å². The maximum absolute atomic E-state index is 13.2. The summed E-state index contributed by atoms with van der Waals surface area (Å²) in [5.41, 5.74) is 3.91. The Morgan fingerprint density at radius 2 is 1.89 bits per heavy atom. The number of hydrogen-bond donors (Lipinski definition) is 0. The second-order valence-corrected chi connectivity index (χ2v) is 9.84. The Bertz CT molecular complexity index is 919. The molecular weight excluding hydrogens is 352 g/mol. The Morgan fingerprint density at radius 3 is 2.64 bits per heavy atom. The molecule has 4 atom stereocenters. The monoisotopic (exact) mass is 380 g/mol. The number of esters is 1. The summed E-state index contributed by atoms with van der Waals surface area (Å²) >= 11 is 0. The molecule has 0 aliphatic heterocycles. The SMILES string of the molecule is COC(=O)[C@@H]1C=C2CC(=O)CC[C@]2(C)C2=C1C1=CC[C@@]3(C)CCC(=O)[C@@]13CC2. The van der Waals surface area contributed by atoms with Crippen LogP contribution in [0.5, 0.6) is 0 Å². The van der Waals surface area contributed by atoms with Gasteiger partial charge in [-0.05, 0) is 48.7 Å². The Hall–Kier alpha value is -1.97. The van der Waals surface area contributed by atoms with Crippen LogP contribution in [0.2, 0.25) is 0 Å². The molecule has 0 saturated heterocycles. The summed E-state index contributed by atoms with van der Waals surface area (Å²) in [7, 11) is 1.42. The van der Waals surface area contributed by atoms with Gasteiger partial charge in [-0.3, -0.25) is 14.4 Å². The van der Waals surface area contributed by atoms with E-state index in [1.54, 1.807) is 0 Å². The largest absolute Gasteiger partial charge is 0.468 e. The van der Waals surface area contributed by atoms with E-state index in [0.717, 1.165) is 48.8 Å². The van der Waals surface area contributed by atoms with Gasteiger partial charge in [0.25, 0.3) is 0 Å². The highest BCUT2D eigenvalue weighted by Crippen LogP contribution is 2.70. The molecule has 0 bridgehead atoms. The average molecular weight is 380 g/mol. The van der Waals surface area contributed by atoms with Crippen molar-refractivity contribution >= 4 is 17.5 Å². The van der Waals surface area contributed by atoms with Crippen LogP contribution in [0.25, 0.3) is 0 Å². The fraction of sp³-hybridized carbons (Fsp3) is 0.625. The molecule has 28 heavy (non-hydrogen) atoms. The molecule has 5 aliphatic rings. The quantitative estimate of drug-likeness (QED) is 0.504. The molecule has 0 N–H and O–H groups in total. The van der Waals surface area contributed by atoms with Crippen LogP contribution in [0.15, 0.2) is 34.4 Å². The number of rotatable bonds is 1. The van der Waals surface area contributed by atoms with Crippen molar-refractivity contribution in [1.29, 1.82) is 0 Å². The number of fused-ring (bicyclic) bond motifs is 3. The Morgan fingerprint density at radius 1 is 1.11 bits per heavy atom. The minimum Gasteiger partial charge on any atom is -0.468 e. The molecule has 0 aromatic rings. The first kappa shape index (κ1) is 18.1. The molecule has 0 unspecified atom stereocenters. The van der Waals surface area contributed by atoms with Gasteiger partial charge in [0.15, 0.2) is 0 Å². The zero-order valence-electron chi connectivity index (χ0n) is 17.0. The molecule has 4 heteroatoms. The van der Waals surface area contributed by atoms with Gasteiger partial charge in [0, 0.05) is 24.7 Å².